The van der Waals surface area contributed by atoms with Crippen molar-refractivity contribution in [2.75, 3.05) is 16.8 Å². The molecule has 4 rings (SSSR count). The second-order valence-electron chi connectivity index (χ2n) is 5.84. The number of H-pyrrole nitrogens is 1. The molecule has 0 amide bonds. The van der Waals surface area contributed by atoms with E-state index in [2.05, 4.69) is 37.3 Å². The second kappa shape index (κ2) is 5.89. The van der Waals surface area contributed by atoms with Crippen molar-refractivity contribution in [1.29, 1.82) is 0 Å². The number of hydrogen-bond acceptors (Lipinski definition) is 5. The fourth-order valence-corrected chi connectivity index (χ4v) is 3.07. The van der Waals surface area contributed by atoms with Gasteiger partial charge in [0.05, 0.1) is 6.10 Å². The summed E-state index contributed by atoms with van der Waals surface area (Å²) < 4.78 is 0. The molecule has 0 aliphatic carbocycles. The average molecular weight is 309 g/mol. The number of hydrogen-bond donors (Lipinski definition) is 3. The Kier molecular flexibility index (Phi) is 3.59. The number of anilines is 2. The van der Waals surface area contributed by atoms with Crippen LogP contribution in [-0.4, -0.2) is 38.9 Å². The summed E-state index contributed by atoms with van der Waals surface area (Å²) in [7, 11) is 0. The lowest BCUT2D eigenvalue weighted by atomic mass is 10.0. The Balaban J connectivity index is 1.60. The number of aliphatic hydroxyl groups is 1. The number of nitrogens with zero attached hydrogens (tertiary/aromatic N) is 3. The molecule has 0 radical (unpaired) electrons. The van der Waals surface area contributed by atoms with Gasteiger partial charge < -0.3 is 20.3 Å². The topological polar surface area (TPSA) is 77.1 Å². The van der Waals surface area contributed by atoms with Gasteiger partial charge in [0, 0.05) is 36.4 Å². The van der Waals surface area contributed by atoms with Crippen LogP contribution in [0, 0.1) is 0 Å². The van der Waals surface area contributed by atoms with Crippen molar-refractivity contribution < 1.29 is 5.11 Å². The Morgan fingerprint density at radius 2 is 2.09 bits per heavy atom. The van der Waals surface area contributed by atoms with E-state index < -0.39 is 0 Å². The molecule has 23 heavy (non-hydrogen) atoms. The molecule has 3 N–H and O–H groups in total. The van der Waals surface area contributed by atoms with Gasteiger partial charge in [-0.25, -0.2) is 4.98 Å². The first-order valence-corrected chi connectivity index (χ1v) is 7.86. The fraction of sp³-hybridized carbons (Fsp3) is 0.294. The predicted molar refractivity (Wildman–Crippen MR) is 90.3 cm³/mol. The number of fused-ring (bicyclic) bond motifs is 1. The van der Waals surface area contributed by atoms with Crippen LogP contribution in [0.5, 0.6) is 0 Å². The number of aliphatic hydroxyl groups excluding tert-OH is 1. The lowest BCUT2D eigenvalue weighted by Gasteiger charge is -2.39. The minimum atomic E-state index is -0.304. The molecule has 2 aromatic heterocycles. The van der Waals surface area contributed by atoms with E-state index in [1.54, 1.807) is 6.20 Å². The van der Waals surface area contributed by atoms with Crippen LogP contribution in [0.1, 0.15) is 12.8 Å². The molecular weight excluding hydrogens is 290 g/mol. The van der Waals surface area contributed by atoms with Crippen LogP contribution >= 0.6 is 0 Å². The maximum Gasteiger partial charge on any atom is 0.226 e. The van der Waals surface area contributed by atoms with E-state index in [0.717, 1.165) is 29.7 Å². The van der Waals surface area contributed by atoms with Crippen molar-refractivity contribution in [2.45, 2.75) is 25.1 Å². The van der Waals surface area contributed by atoms with Crippen LogP contribution in [0.3, 0.4) is 0 Å². The molecule has 1 fully saturated rings. The molecule has 1 aliphatic rings. The van der Waals surface area contributed by atoms with Gasteiger partial charge in [0.15, 0.2) is 0 Å². The SMILES string of the molecule is OC1CCN(c2ccccc2)C(Nc2ncc3cc[nH]c3n2)C1. The zero-order chi connectivity index (χ0) is 15.6. The first kappa shape index (κ1) is 14.0. The lowest BCUT2D eigenvalue weighted by Crippen LogP contribution is -2.49. The molecule has 3 heterocycles. The van der Waals surface area contributed by atoms with Crippen LogP contribution < -0.4 is 10.2 Å². The summed E-state index contributed by atoms with van der Waals surface area (Å²) in [5.41, 5.74) is 1.95. The van der Waals surface area contributed by atoms with Gasteiger partial charge in [0.25, 0.3) is 0 Å². The van der Waals surface area contributed by atoms with E-state index in [-0.39, 0.29) is 12.3 Å². The van der Waals surface area contributed by atoms with Crippen molar-refractivity contribution >= 4 is 22.7 Å². The fourth-order valence-electron chi connectivity index (χ4n) is 3.07. The standard InChI is InChI=1S/C17H19N5O/c23-14-7-9-22(13-4-2-1-3-5-13)15(10-14)20-17-19-11-12-6-8-18-16(12)21-17/h1-6,8,11,14-15,23H,7,9-10H2,(H2,18,19,20,21). The van der Waals surface area contributed by atoms with Crippen molar-refractivity contribution in [1.82, 2.24) is 15.0 Å². The minimum absolute atomic E-state index is 0.0337. The first-order valence-electron chi connectivity index (χ1n) is 7.86. The Morgan fingerprint density at radius 1 is 1.22 bits per heavy atom. The molecule has 6 nitrogen and oxygen atoms in total. The third kappa shape index (κ3) is 2.85. The monoisotopic (exact) mass is 309 g/mol. The van der Waals surface area contributed by atoms with Crippen molar-refractivity contribution in [3.05, 3.63) is 48.8 Å². The summed E-state index contributed by atoms with van der Waals surface area (Å²) >= 11 is 0. The van der Waals surface area contributed by atoms with Gasteiger partial charge in [-0.3, -0.25) is 0 Å². The van der Waals surface area contributed by atoms with Gasteiger partial charge in [-0.1, -0.05) is 18.2 Å². The number of nitrogens with one attached hydrogen (secondary N) is 2. The molecule has 118 valence electrons. The Bertz CT molecular complexity index is 788. The van der Waals surface area contributed by atoms with Gasteiger partial charge in [0.2, 0.25) is 5.95 Å². The van der Waals surface area contributed by atoms with Crippen molar-refractivity contribution in [3.8, 4) is 0 Å². The average Bonchev–Trinajstić information content (AvgIpc) is 3.03. The molecule has 2 atom stereocenters. The molecule has 6 heteroatoms. The smallest absolute Gasteiger partial charge is 0.226 e. The van der Waals surface area contributed by atoms with Crippen LogP contribution in [-0.2, 0) is 0 Å². The van der Waals surface area contributed by atoms with Crippen molar-refractivity contribution in [3.63, 3.8) is 0 Å². The van der Waals surface area contributed by atoms with E-state index in [4.69, 9.17) is 0 Å². The van der Waals surface area contributed by atoms with Gasteiger partial charge in [-0.15, -0.1) is 0 Å². The van der Waals surface area contributed by atoms with E-state index in [1.165, 1.54) is 0 Å². The Hall–Kier alpha value is -2.60. The highest BCUT2D eigenvalue weighted by Crippen LogP contribution is 2.25. The van der Waals surface area contributed by atoms with Gasteiger partial charge >= 0.3 is 0 Å². The molecule has 0 saturated carbocycles. The molecule has 1 aliphatic heterocycles. The quantitative estimate of drug-likeness (QED) is 0.692. The van der Waals surface area contributed by atoms with E-state index in [9.17, 15) is 5.11 Å². The van der Waals surface area contributed by atoms with Gasteiger partial charge in [-0.05, 0) is 24.6 Å². The van der Waals surface area contributed by atoms with E-state index in [1.807, 2.05) is 30.5 Å². The molecule has 0 bridgehead atoms. The van der Waals surface area contributed by atoms with Crippen molar-refractivity contribution in [2.24, 2.45) is 0 Å². The highest BCUT2D eigenvalue weighted by molar-refractivity contribution is 5.75. The maximum atomic E-state index is 10.0. The summed E-state index contributed by atoms with van der Waals surface area (Å²) in [6.07, 6.45) is 4.72. The number of para-hydroxylation sites is 1. The third-order valence-electron chi connectivity index (χ3n) is 4.26. The number of aromatic nitrogens is 3. The number of benzene rings is 1. The largest absolute Gasteiger partial charge is 0.393 e. The molecule has 1 saturated heterocycles. The summed E-state index contributed by atoms with van der Waals surface area (Å²) in [4.78, 5) is 14.2. The molecular formula is C17H19N5O. The number of aromatic amines is 1. The summed E-state index contributed by atoms with van der Waals surface area (Å²) in [6, 6.07) is 12.2. The van der Waals surface area contributed by atoms with Crippen LogP contribution in [0.15, 0.2) is 48.8 Å². The predicted octanol–water partition coefficient (Wildman–Crippen LogP) is 2.36. The molecule has 3 aromatic rings. The van der Waals surface area contributed by atoms with Crippen LogP contribution in [0.2, 0.25) is 0 Å². The van der Waals surface area contributed by atoms with Gasteiger partial charge in [0.1, 0.15) is 11.8 Å². The highest BCUT2D eigenvalue weighted by Gasteiger charge is 2.28. The summed E-state index contributed by atoms with van der Waals surface area (Å²) in [6.45, 7) is 0.799. The Labute approximate surface area is 134 Å². The van der Waals surface area contributed by atoms with Crippen LogP contribution in [0.25, 0.3) is 11.0 Å². The summed E-state index contributed by atoms with van der Waals surface area (Å²) in [5, 5.41) is 14.4. The third-order valence-corrected chi connectivity index (χ3v) is 4.26. The Morgan fingerprint density at radius 3 is 2.96 bits per heavy atom. The summed E-state index contributed by atoms with van der Waals surface area (Å²) in [5.74, 6) is 0.569. The first-order chi connectivity index (χ1) is 11.3. The zero-order valence-electron chi connectivity index (χ0n) is 12.7. The zero-order valence-corrected chi connectivity index (χ0v) is 12.7. The van der Waals surface area contributed by atoms with Gasteiger partial charge in [-0.2, -0.15) is 4.98 Å². The van der Waals surface area contributed by atoms with Crippen LogP contribution in [0.4, 0.5) is 11.6 Å². The second-order valence-corrected chi connectivity index (χ2v) is 5.84. The molecule has 1 aromatic carbocycles. The maximum absolute atomic E-state index is 10.0. The van der Waals surface area contributed by atoms with E-state index in [0.29, 0.717) is 12.4 Å². The molecule has 0 spiro atoms. The highest BCUT2D eigenvalue weighted by atomic mass is 16.3. The number of rotatable bonds is 3. The normalized spacial score (nSPS) is 21.5. The minimum Gasteiger partial charge on any atom is -0.393 e. The number of piperidine rings is 1. The lowest BCUT2D eigenvalue weighted by molar-refractivity contribution is 0.132. The molecule has 2 unspecified atom stereocenters. The van der Waals surface area contributed by atoms with E-state index >= 15 is 0 Å².